The van der Waals surface area contributed by atoms with Gasteiger partial charge in [0.25, 0.3) is 0 Å². The molecule has 0 aromatic rings. The van der Waals surface area contributed by atoms with E-state index in [0.29, 0.717) is 30.6 Å². The second-order valence-electron chi connectivity index (χ2n) is 7.17. The van der Waals surface area contributed by atoms with Crippen LogP contribution in [0.15, 0.2) is 0 Å². The summed E-state index contributed by atoms with van der Waals surface area (Å²) < 4.78 is 5.91. The van der Waals surface area contributed by atoms with E-state index in [4.69, 9.17) is 4.74 Å². The zero-order valence-corrected chi connectivity index (χ0v) is 13.4. The summed E-state index contributed by atoms with van der Waals surface area (Å²) in [6, 6.07) is 0. The Bertz CT molecular complexity index is 278. The molecule has 3 nitrogen and oxygen atoms in total. The smallest absolute Gasteiger partial charge is 0.0897 e. The van der Waals surface area contributed by atoms with E-state index in [1.165, 1.54) is 51.4 Å². The van der Waals surface area contributed by atoms with Crippen LogP contribution in [0.2, 0.25) is 0 Å². The van der Waals surface area contributed by atoms with E-state index in [0.717, 1.165) is 6.54 Å². The summed E-state index contributed by atoms with van der Waals surface area (Å²) in [6.45, 7) is 6.76. The normalized spacial score (nSPS) is 30.1. The van der Waals surface area contributed by atoms with Crippen molar-refractivity contribution in [1.29, 1.82) is 0 Å². The number of aliphatic hydroxyl groups is 1. The lowest BCUT2D eigenvalue weighted by atomic mass is 9.88. The van der Waals surface area contributed by atoms with Gasteiger partial charge in [-0.15, -0.1) is 0 Å². The highest BCUT2D eigenvalue weighted by molar-refractivity contribution is 4.94. The number of rotatable bonds is 9. The number of nitrogens with one attached hydrogen (secondary N) is 1. The summed E-state index contributed by atoms with van der Waals surface area (Å²) in [6.07, 6.45) is 10.4. The Morgan fingerprint density at radius 1 is 1.30 bits per heavy atom. The Morgan fingerprint density at radius 2 is 2.05 bits per heavy atom. The minimum absolute atomic E-state index is 0.360. The van der Waals surface area contributed by atoms with Crippen LogP contribution in [0.25, 0.3) is 0 Å². The van der Waals surface area contributed by atoms with Crippen molar-refractivity contribution >= 4 is 0 Å². The number of hydrogen-bond donors (Lipinski definition) is 2. The summed E-state index contributed by atoms with van der Waals surface area (Å²) in [5.74, 6) is 0.656. The van der Waals surface area contributed by atoms with E-state index < -0.39 is 0 Å². The summed E-state index contributed by atoms with van der Waals surface area (Å²) >= 11 is 0. The Labute approximate surface area is 124 Å². The molecule has 0 amide bonds. The summed E-state index contributed by atoms with van der Waals surface area (Å²) in [4.78, 5) is 0. The van der Waals surface area contributed by atoms with Gasteiger partial charge in [-0.25, -0.2) is 0 Å². The van der Waals surface area contributed by atoms with Crippen molar-refractivity contribution in [2.45, 2.75) is 77.4 Å². The van der Waals surface area contributed by atoms with Gasteiger partial charge in [-0.2, -0.15) is 0 Å². The second kappa shape index (κ2) is 7.77. The molecule has 0 spiro atoms. The first-order chi connectivity index (χ1) is 9.65. The van der Waals surface area contributed by atoms with Gasteiger partial charge in [-0.1, -0.05) is 33.1 Å². The van der Waals surface area contributed by atoms with Crippen LogP contribution in [0, 0.1) is 11.3 Å². The van der Waals surface area contributed by atoms with Crippen molar-refractivity contribution in [2.24, 2.45) is 11.3 Å². The Hall–Kier alpha value is -0.120. The maximum Gasteiger partial charge on any atom is 0.0897 e. The van der Waals surface area contributed by atoms with Crippen molar-refractivity contribution in [3.05, 3.63) is 0 Å². The number of ether oxygens (including phenoxy) is 1. The maximum absolute atomic E-state index is 10.0. The second-order valence-corrected chi connectivity index (χ2v) is 7.17. The Kier molecular flexibility index (Phi) is 6.31. The highest BCUT2D eigenvalue weighted by Gasteiger charge is 2.40. The Morgan fingerprint density at radius 3 is 2.70 bits per heavy atom. The van der Waals surface area contributed by atoms with Gasteiger partial charge in [0.15, 0.2) is 0 Å². The highest BCUT2D eigenvalue weighted by Crippen LogP contribution is 2.48. The third-order valence-electron chi connectivity index (χ3n) is 5.15. The molecule has 2 aliphatic rings. The summed E-state index contributed by atoms with van der Waals surface area (Å²) in [5.41, 5.74) is 0.563. The molecule has 0 saturated heterocycles. The first-order valence-electron chi connectivity index (χ1n) is 8.65. The molecule has 0 radical (unpaired) electrons. The molecule has 3 unspecified atom stereocenters. The molecule has 3 atom stereocenters. The lowest BCUT2D eigenvalue weighted by Gasteiger charge is -2.29. The van der Waals surface area contributed by atoms with Crippen molar-refractivity contribution in [3.8, 4) is 0 Å². The predicted molar refractivity (Wildman–Crippen MR) is 82.8 cm³/mol. The fourth-order valence-electron chi connectivity index (χ4n) is 3.55. The number of hydrogen-bond acceptors (Lipinski definition) is 3. The monoisotopic (exact) mass is 283 g/mol. The van der Waals surface area contributed by atoms with Gasteiger partial charge in [0.2, 0.25) is 0 Å². The van der Waals surface area contributed by atoms with Crippen LogP contribution in [0.5, 0.6) is 0 Å². The van der Waals surface area contributed by atoms with Gasteiger partial charge < -0.3 is 15.2 Å². The van der Waals surface area contributed by atoms with Gasteiger partial charge in [0, 0.05) is 13.1 Å². The van der Waals surface area contributed by atoms with Crippen LogP contribution in [-0.2, 0) is 4.74 Å². The largest absolute Gasteiger partial charge is 0.389 e. The van der Waals surface area contributed by atoms with Crippen molar-refractivity contribution in [2.75, 3.05) is 19.7 Å². The van der Waals surface area contributed by atoms with Crippen LogP contribution in [0.3, 0.4) is 0 Å². The average Bonchev–Trinajstić information content (AvgIpc) is 3.18. The molecule has 2 rings (SSSR count). The van der Waals surface area contributed by atoms with E-state index >= 15 is 0 Å². The molecule has 3 heteroatoms. The van der Waals surface area contributed by atoms with Crippen LogP contribution >= 0.6 is 0 Å². The summed E-state index contributed by atoms with van der Waals surface area (Å²) in [5, 5.41) is 13.5. The van der Waals surface area contributed by atoms with E-state index in [1.807, 2.05) is 0 Å². The molecule has 0 aliphatic heterocycles. The van der Waals surface area contributed by atoms with Gasteiger partial charge in [0.1, 0.15) is 0 Å². The van der Waals surface area contributed by atoms with Gasteiger partial charge in [0.05, 0.1) is 18.8 Å². The van der Waals surface area contributed by atoms with E-state index in [-0.39, 0.29) is 6.10 Å². The first-order valence-corrected chi connectivity index (χ1v) is 8.65. The quantitative estimate of drug-likeness (QED) is 0.683. The lowest BCUT2D eigenvalue weighted by Crippen LogP contribution is -2.36. The zero-order chi connectivity index (χ0) is 14.4. The molecule has 20 heavy (non-hydrogen) atoms. The lowest BCUT2D eigenvalue weighted by molar-refractivity contribution is -0.0453. The molecule has 0 heterocycles. The molecular formula is C17H33NO2. The first kappa shape index (κ1) is 16.3. The van der Waals surface area contributed by atoms with Crippen molar-refractivity contribution < 1.29 is 9.84 Å². The van der Waals surface area contributed by atoms with Crippen LogP contribution in [-0.4, -0.2) is 37.0 Å². The molecule has 0 bridgehead atoms. The predicted octanol–water partition coefficient (Wildman–Crippen LogP) is 3.11. The third kappa shape index (κ3) is 5.01. The average molecular weight is 283 g/mol. The van der Waals surface area contributed by atoms with Crippen LogP contribution < -0.4 is 5.32 Å². The van der Waals surface area contributed by atoms with Gasteiger partial charge in [-0.05, 0) is 43.4 Å². The summed E-state index contributed by atoms with van der Waals surface area (Å²) in [7, 11) is 0. The fraction of sp³-hybridized carbons (Fsp3) is 1.00. The topological polar surface area (TPSA) is 41.5 Å². The van der Waals surface area contributed by atoms with Crippen LogP contribution in [0.1, 0.15) is 65.2 Å². The molecule has 2 aliphatic carbocycles. The molecular weight excluding hydrogens is 250 g/mol. The van der Waals surface area contributed by atoms with Gasteiger partial charge >= 0.3 is 0 Å². The fourth-order valence-corrected chi connectivity index (χ4v) is 3.55. The van der Waals surface area contributed by atoms with Crippen molar-refractivity contribution in [3.63, 3.8) is 0 Å². The number of aliphatic hydroxyl groups excluding tert-OH is 1. The maximum atomic E-state index is 10.0. The van der Waals surface area contributed by atoms with E-state index in [2.05, 4.69) is 19.2 Å². The molecule has 2 N–H and O–H groups in total. The SMILES string of the molecule is CCCC1(CNCC(O)COC2CCCCC2C)CC1. The van der Waals surface area contributed by atoms with Crippen LogP contribution in [0.4, 0.5) is 0 Å². The third-order valence-corrected chi connectivity index (χ3v) is 5.15. The van der Waals surface area contributed by atoms with Crippen molar-refractivity contribution in [1.82, 2.24) is 5.32 Å². The van der Waals surface area contributed by atoms with E-state index in [1.54, 1.807) is 0 Å². The minimum Gasteiger partial charge on any atom is -0.389 e. The zero-order valence-electron chi connectivity index (χ0n) is 13.4. The highest BCUT2D eigenvalue weighted by atomic mass is 16.5. The molecule has 2 fully saturated rings. The van der Waals surface area contributed by atoms with E-state index in [9.17, 15) is 5.11 Å². The standard InChI is InChI=1S/C17H33NO2/c1-3-8-17(9-10-17)13-18-11-15(19)12-20-16-7-5-4-6-14(16)2/h14-16,18-19H,3-13H2,1-2H3. The molecule has 0 aromatic carbocycles. The molecule has 2 saturated carbocycles. The minimum atomic E-state index is -0.360. The van der Waals surface area contributed by atoms with Gasteiger partial charge in [-0.3, -0.25) is 0 Å². The molecule has 0 aromatic heterocycles. The Balaban J connectivity index is 1.55. The molecule has 118 valence electrons.